The van der Waals surface area contributed by atoms with Gasteiger partial charge in [0.1, 0.15) is 22.8 Å². The second-order valence-corrected chi connectivity index (χ2v) is 12.3. The van der Waals surface area contributed by atoms with Crippen LogP contribution in [-0.2, 0) is 32.0 Å². The number of rotatable bonds is 7. The summed E-state index contributed by atoms with van der Waals surface area (Å²) in [5.74, 6) is -1.01. The Hall–Kier alpha value is -4.10. The number of benzene rings is 1. The van der Waals surface area contributed by atoms with Crippen LogP contribution < -0.4 is 10.6 Å². The smallest absolute Gasteiger partial charge is 0.413 e. The summed E-state index contributed by atoms with van der Waals surface area (Å²) in [6, 6.07) is 7.17. The Morgan fingerprint density at radius 1 is 1.16 bits per heavy atom. The molecule has 0 aliphatic carbocycles. The zero-order valence-corrected chi connectivity index (χ0v) is 25.6. The van der Waals surface area contributed by atoms with Crippen LogP contribution in [0, 0.1) is 11.6 Å². The van der Waals surface area contributed by atoms with E-state index in [4.69, 9.17) is 19.2 Å². The van der Waals surface area contributed by atoms with Gasteiger partial charge in [-0.3, -0.25) is 5.32 Å². The van der Waals surface area contributed by atoms with Gasteiger partial charge in [-0.15, -0.1) is 0 Å². The first-order valence-corrected chi connectivity index (χ1v) is 15.3. The summed E-state index contributed by atoms with van der Waals surface area (Å²) in [5.41, 5.74) is 0.225. The Bertz CT molecular complexity index is 1570. The summed E-state index contributed by atoms with van der Waals surface area (Å²) < 4.78 is 48.4. The number of imidazole rings is 1. The predicted octanol–water partition coefficient (Wildman–Crippen LogP) is 5.34. The average molecular weight is 625 g/mol. The fraction of sp³-hybridized carbons (Fsp3) is 0.500. The highest BCUT2D eigenvalue weighted by atomic mass is 19.2. The van der Waals surface area contributed by atoms with Crippen LogP contribution in [0.3, 0.4) is 0 Å². The molecule has 11 nitrogen and oxygen atoms in total. The number of ether oxygens (including phenoxy) is 3. The molecule has 3 aliphatic rings. The lowest BCUT2D eigenvalue weighted by atomic mass is 9.83. The highest BCUT2D eigenvalue weighted by Gasteiger charge is 2.46. The van der Waals surface area contributed by atoms with Crippen LogP contribution in [0.1, 0.15) is 74.1 Å². The molecule has 1 fully saturated rings. The lowest BCUT2D eigenvalue weighted by Gasteiger charge is -2.43. The zero-order valence-electron chi connectivity index (χ0n) is 25.6. The number of likely N-dealkylation sites (tertiary alicyclic amines) is 1. The van der Waals surface area contributed by atoms with Gasteiger partial charge in [-0.1, -0.05) is 12.1 Å². The van der Waals surface area contributed by atoms with Gasteiger partial charge >= 0.3 is 12.1 Å². The molecule has 240 valence electrons. The molecular formula is C32H38F2N6O5. The number of pyridine rings is 1. The highest BCUT2D eigenvalue weighted by Crippen LogP contribution is 2.43. The molecule has 0 saturated carbocycles. The molecule has 3 amide bonds. The molecule has 1 spiro atoms. The van der Waals surface area contributed by atoms with Gasteiger partial charge in [-0.2, -0.15) is 0 Å². The van der Waals surface area contributed by atoms with Crippen molar-refractivity contribution in [2.45, 2.75) is 69.2 Å². The number of anilines is 1. The standard InChI is InChI=1S/C32H38F2N6O5/c1-31(2,44-17-16-43-3)25-18-36-28-24(10-9-20(19-40(25)28)21-6-4-8-23(33)26(21)34)37-29(41)39-14-11-32(12-15-39)22-7-5-13-35-27(22)38-30(42)45-32/h4-8,13,18,20,24H,9-12,14-17,19H2,1-3H3,(H,37,41)(H,35,38,42)/t20-,24-/m1/s1. The molecule has 0 radical (unpaired) electrons. The van der Waals surface area contributed by atoms with Crippen molar-refractivity contribution in [1.82, 2.24) is 24.8 Å². The number of aromatic nitrogens is 3. The molecule has 3 aromatic rings. The van der Waals surface area contributed by atoms with Crippen molar-refractivity contribution in [2.24, 2.45) is 0 Å². The van der Waals surface area contributed by atoms with Crippen molar-refractivity contribution in [3.8, 4) is 0 Å². The van der Waals surface area contributed by atoms with E-state index in [0.717, 1.165) is 17.3 Å². The molecule has 45 heavy (non-hydrogen) atoms. The van der Waals surface area contributed by atoms with E-state index >= 15 is 4.39 Å². The topological polar surface area (TPSA) is 120 Å². The summed E-state index contributed by atoms with van der Waals surface area (Å²) in [4.78, 5) is 36.7. The fourth-order valence-corrected chi connectivity index (χ4v) is 6.74. The van der Waals surface area contributed by atoms with Gasteiger partial charge in [0.25, 0.3) is 0 Å². The number of nitrogens with zero attached hydrogens (tertiary/aromatic N) is 4. The SMILES string of the molecule is COCCOC(C)(C)c1cnc2n1C[C@H](c1cccc(F)c1F)CC[C@H]2NC(=O)N1CCC2(CC1)OC(=O)Nc1ncccc12. The van der Waals surface area contributed by atoms with Gasteiger partial charge in [0.2, 0.25) is 0 Å². The summed E-state index contributed by atoms with van der Waals surface area (Å²) in [6.07, 6.45) is 4.59. The van der Waals surface area contributed by atoms with Gasteiger partial charge < -0.3 is 29.0 Å². The first-order valence-electron chi connectivity index (χ1n) is 15.3. The van der Waals surface area contributed by atoms with Crippen molar-refractivity contribution in [3.05, 3.63) is 77.0 Å². The number of piperidine rings is 1. The van der Waals surface area contributed by atoms with Gasteiger partial charge in [-0.25, -0.2) is 28.3 Å². The number of urea groups is 1. The van der Waals surface area contributed by atoms with Crippen molar-refractivity contribution in [3.63, 3.8) is 0 Å². The average Bonchev–Trinajstić information content (AvgIpc) is 3.37. The molecule has 2 atom stereocenters. The van der Waals surface area contributed by atoms with Crippen LogP contribution >= 0.6 is 0 Å². The molecule has 2 aromatic heterocycles. The molecule has 6 rings (SSSR count). The van der Waals surface area contributed by atoms with Crippen LogP contribution in [0.5, 0.6) is 0 Å². The maximum atomic E-state index is 15.0. The van der Waals surface area contributed by atoms with Gasteiger partial charge in [0.05, 0.1) is 31.1 Å². The van der Waals surface area contributed by atoms with Crippen molar-refractivity contribution < 1.29 is 32.6 Å². The van der Waals surface area contributed by atoms with Crippen molar-refractivity contribution >= 4 is 17.9 Å². The molecule has 3 aliphatic heterocycles. The van der Waals surface area contributed by atoms with Gasteiger partial charge in [-0.05, 0) is 50.5 Å². The Kier molecular flexibility index (Phi) is 8.49. The quantitative estimate of drug-likeness (QED) is 0.341. The van der Waals surface area contributed by atoms with E-state index in [1.54, 1.807) is 36.5 Å². The molecule has 2 N–H and O–H groups in total. The normalized spacial score (nSPS) is 20.9. The third-order valence-electron chi connectivity index (χ3n) is 9.16. The number of halogens is 2. The van der Waals surface area contributed by atoms with E-state index in [1.165, 1.54) is 6.07 Å². The Balaban J connectivity index is 1.23. The lowest BCUT2D eigenvalue weighted by molar-refractivity contribution is -0.0479. The van der Waals surface area contributed by atoms with E-state index < -0.39 is 35.0 Å². The summed E-state index contributed by atoms with van der Waals surface area (Å²) in [5, 5.41) is 5.81. The molecule has 1 saturated heterocycles. The first-order chi connectivity index (χ1) is 21.6. The van der Waals surface area contributed by atoms with E-state index in [-0.39, 0.29) is 11.9 Å². The van der Waals surface area contributed by atoms with Gasteiger partial charge in [0.15, 0.2) is 11.6 Å². The molecule has 0 unspecified atom stereocenters. The number of carbonyl (C=O) groups is 2. The number of hydrogen-bond donors (Lipinski definition) is 2. The molecular weight excluding hydrogens is 586 g/mol. The van der Waals surface area contributed by atoms with Crippen LogP contribution in [0.2, 0.25) is 0 Å². The number of hydrogen-bond acceptors (Lipinski definition) is 7. The zero-order chi connectivity index (χ0) is 31.8. The molecule has 13 heteroatoms. The van der Waals surface area contributed by atoms with Gasteiger partial charge in [0, 0.05) is 57.3 Å². The number of fused-ring (bicyclic) bond motifs is 3. The maximum Gasteiger partial charge on any atom is 0.413 e. The van der Waals surface area contributed by atoms with Crippen LogP contribution in [0.25, 0.3) is 0 Å². The minimum absolute atomic E-state index is 0.274. The first kappa shape index (κ1) is 30.9. The number of amides is 3. The number of methoxy groups -OCH3 is 1. The lowest BCUT2D eigenvalue weighted by Crippen LogP contribution is -2.52. The summed E-state index contributed by atoms with van der Waals surface area (Å²) in [6.45, 7) is 5.67. The van der Waals surface area contributed by atoms with E-state index in [9.17, 15) is 14.0 Å². The Labute approximate surface area is 260 Å². The second kappa shape index (κ2) is 12.4. The molecule has 1 aromatic carbocycles. The number of carbonyl (C=O) groups excluding carboxylic acids is 2. The van der Waals surface area contributed by atoms with Crippen molar-refractivity contribution in [2.75, 3.05) is 38.7 Å². The third-order valence-corrected chi connectivity index (χ3v) is 9.16. The van der Waals surface area contributed by atoms with E-state index in [2.05, 4.69) is 15.6 Å². The second-order valence-electron chi connectivity index (χ2n) is 12.3. The summed E-state index contributed by atoms with van der Waals surface area (Å²) >= 11 is 0. The fourth-order valence-electron chi connectivity index (χ4n) is 6.74. The molecule has 0 bridgehead atoms. The minimum Gasteiger partial charge on any atom is -0.437 e. The van der Waals surface area contributed by atoms with Crippen molar-refractivity contribution in [1.29, 1.82) is 0 Å². The van der Waals surface area contributed by atoms with E-state index in [0.29, 0.717) is 75.7 Å². The Morgan fingerprint density at radius 3 is 2.73 bits per heavy atom. The minimum atomic E-state index is -0.892. The highest BCUT2D eigenvalue weighted by molar-refractivity contribution is 5.87. The molecule has 5 heterocycles. The largest absolute Gasteiger partial charge is 0.437 e. The monoisotopic (exact) mass is 624 g/mol. The summed E-state index contributed by atoms with van der Waals surface area (Å²) in [7, 11) is 1.60. The third kappa shape index (κ3) is 5.98. The predicted molar refractivity (Wildman–Crippen MR) is 160 cm³/mol. The Morgan fingerprint density at radius 2 is 1.96 bits per heavy atom. The van der Waals surface area contributed by atoms with E-state index in [1.807, 2.05) is 24.5 Å². The maximum absolute atomic E-state index is 15.0. The number of nitrogens with one attached hydrogen (secondary N) is 2. The van der Waals surface area contributed by atoms with Crippen LogP contribution in [0.15, 0.2) is 42.7 Å². The van der Waals surface area contributed by atoms with Crippen LogP contribution in [-0.4, -0.2) is 65.0 Å². The van der Waals surface area contributed by atoms with Crippen LogP contribution in [0.4, 0.5) is 24.2 Å².